The van der Waals surface area contributed by atoms with Crippen molar-refractivity contribution >= 4 is 17.5 Å². The van der Waals surface area contributed by atoms with Gasteiger partial charge in [-0.2, -0.15) is 0 Å². The van der Waals surface area contributed by atoms with E-state index in [0.29, 0.717) is 17.8 Å². The molecule has 0 aliphatic carbocycles. The molecular formula is C19H22N2O2. The summed E-state index contributed by atoms with van der Waals surface area (Å²) in [5, 5.41) is 5.71. The molecule has 2 aromatic rings. The van der Waals surface area contributed by atoms with Gasteiger partial charge in [0.1, 0.15) is 0 Å². The molecule has 0 fully saturated rings. The van der Waals surface area contributed by atoms with Gasteiger partial charge in [-0.3, -0.25) is 9.59 Å². The zero-order valence-corrected chi connectivity index (χ0v) is 13.7. The highest BCUT2D eigenvalue weighted by atomic mass is 16.2. The number of anilines is 1. The standard InChI is InChI=1S/C19H22N2O2/c1-19(2,3)18(23)21-16-12-8-7-11-15(16)17(22)20-13-14-9-5-4-6-10-14/h4-12H,13H2,1-3H3,(H,20,22)(H,21,23). The number of amides is 2. The number of nitrogens with one attached hydrogen (secondary N) is 2. The van der Waals surface area contributed by atoms with Crippen LogP contribution in [0.4, 0.5) is 5.69 Å². The van der Waals surface area contributed by atoms with Crippen molar-refractivity contribution in [3.8, 4) is 0 Å². The molecular weight excluding hydrogens is 288 g/mol. The maximum atomic E-state index is 12.4. The predicted octanol–water partition coefficient (Wildman–Crippen LogP) is 3.60. The number of para-hydroxylation sites is 1. The van der Waals surface area contributed by atoms with E-state index in [-0.39, 0.29) is 11.8 Å². The Bertz CT molecular complexity index is 688. The molecule has 0 atom stereocenters. The van der Waals surface area contributed by atoms with E-state index in [2.05, 4.69) is 10.6 Å². The van der Waals surface area contributed by atoms with E-state index in [1.807, 2.05) is 51.1 Å². The van der Waals surface area contributed by atoms with Crippen LogP contribution in [-0.2, 0) is 11.3 Å². The maximum absolute atomic E-state index is 12.4. The van der Waals surface area contributed by atoms with Gasteiger partial charge in [0, 0.05) is 12.0 Å². The van der Waals surface area contributed by atoms with Crippen molar-refractivity contribution in [2.45, 2.75) is 27.3 Å². The summed E-state index contributed by atoms with van der Waals surface area (Å²) in [6.07, 6.45) is 0. The monoisotopic (exact) mass is 310 g/mol. The average Bonchev–Trinajstić information content (AvgIpc) is 2.53. The van der Waals surface area contributed by atoms with Crippen molar-refractivity contribution < 1.29 is 9.59 Å². The summed E-state index contributed by atoms with van der Waals surface area (Å²) >= 11 is 0. The van der Waals surface area contributed by atoms with E-state index < -0.39 is 5.41 Å². The van der Waals surface area contributed by atoms with E-state index in [4.69, 9.17) is 0 Å². The third-order valence-corrected chi connectivity index (χ3v) is 3.40. The molecule has 0 saturated carbocycles. The minimum Gasteiger partial charge on any atom is -0.348 e. The molecule has 0 aliphatic rings. The molecule has 0 radical (unpaired) electrons. The van der Waals surface area contributed by atoms with Crippen LogP contribution in [0.3, 0.4) is 0 Å². The Kier molecular flexibility index (Phi) is 5.16. The zero-order valence-electron chi connectivity index (χ0n) is 13.7. The highest BCUT2D eigenvalue weighted by molar-refractivity contribution is 6.04. The summed E-state index contributed by atoms with van der Waals surface area (Å²) in [6, 6.07) is 16.7. The predicted molar refractivity (Wildman–Crippen MR) is 92.1 cm³/mol. The maximum Gasteiger partial charge on any atom is 0.253 e. The highest BCUT2D eigenvalue weighted by Gasteiger charge is 2.22. The van der Waals surface area contributed by atoms with Crippen molar-refractivity contribution in [2.75, 3.05) is 5.32 Å². The van der Waals surface area contributed by atoms with Crippen LogP contribution in [0.1, 0.15) is 36.7 Å². The number of hydrogen-bond acceptors (Lipinski definition) is 2. The first-order chi connectivity index (χ1) is 10.9. The number of hydrogen-bond donors (Lipinski definition) is 2. The molecule has 0 bridgehead atoms. The van der Waals surface area contributed by atoms with Gasteiger partial charge in [0.05, 0.1) is 11.3 Å². The second-order valence-electron chi connectivity index (χ2n) is 6.42. The van der Waals surface area contributed by atoms with E-state index in [1.165, 1.54) is 0 Å². The molecule has 0 unspecified atom stereocenters. The number of carbonyl (C=O) groups is 2. The first-order valence-electron chi connectivity index (χ1n) is 7.60. The van der Waals surface area contributed by atoms with Crippen molar-refractivity contribution in [1.82, 2.24) is 5.32 Å². The van der Waals surface area contributed by atoms with Gasteiger partial charge in [0.2, 0.25) is 5.91 Å². The van der Waals surface area contributed by atoms with Crippen LogP contribution in [0, 0.1) is 5.41 Å². The molecule has 23 heavy (non-hydrogen) atoms. The Balaban J connectivity index is 2.10. The van der Waals surface area contributed by atoms with Crippen molar-refractivity contribution in [3.63, 3.8) is 0 Å². The lowest BCUT2D eigenvalue weighted by Gasteiger charge is -2.19. The Morgan fingerprint density at radius 2 is 1.52 bits per heavy atom. The summed E-state index contributed by atoms with van der Waals surface area (Å²) in [5.41, 5.74) is 1.49. The molecule has 4 heteroatoms. The van der Waals surface area contributed by atoms with Crippen molar-refractivity contribution in [1.29, 1.82) is 0 Å². The van der Waals surface area contributed by atoms with Crippen LogP contribution in [0.2, 0.25) is 0 Å². The van der Waals surface area contributed by atoms with Crippen LogP contribution < -0.4 is 10.6 Å². The molecule has 0 saturated heterocycles. The second-order valence-corrected chi connectivity index (χ2v) is 6.42. The lowest BCUT2D eigenvalue weighted by Crippen LogP contribution is -2.30. The lowest BCUT2D eigenvalue weighted by atomic mass is 9.95. The van der Waals surface area contributed by atoms with Gasteiger partial charge in [-0.15, -0.1) is 0 Å². The Morgan fingerprint density at radius 3 is 2.17 bits per heavy atom. The third kappa shape index (κ3) is 4.68. The van der Waals surface area contributed by atoms with Gasteiger partial charge in [0.15, 0.2) is 0 Å². The molecule has 0 spiro atoms. The Labute approximate surface area is 136 Å². The van der Waals surface area contributed by atoms with Gasteiger partial charge in [-0.1, -0.05) is 63.2 Å². The fourth-order valence-corrected chi connectivity index (χ4v) is 1.97. The molecule has 2 rings (SSSR count). The first-order valence-corrected chi connectivity index (χ1v) is 7.60. The smallest absolute Gasteiger partial charge is 0.253 e. The quantitative estimate of drug-likeness (QED) is 0.906. The molecule has 0 aliphatic heterocycles. The number of carbonyl (C=O) groups excluding carboxylic acids is 2. The molecule has 2 amide bonds. The topological polar surface area (TPSA) is 58.2 Å². The Morgan fingerprint density at radius 1 is 0.913 bits per heavy atom. The largest absolute Gasteiger partial charge is 0.348 e. The molecule has 4 nitrogen and oxygen atoms in total. The lowest BCUT2D eigenvalue weighted by molar-refractivity contribution is -0.123. The summed E-state index contributed by atoms with van der Waals surface area (Å²) in [5.74, 6) is -0.334. The van der Waals surface area contributed by atoms with Crippen LogP contribution in [-0.4, -0.2) is 11.8 Å². The number of benzene rings is 2. The molecule has 2 aromatic carbocycles. The minimum absolute atomic E-state index is 0.124. The summed E-state index contributed by atoms with van der Waals surface area (Å²) in [6.45, 7) is 5.95. The number of rotatable bonds is 4. The molecule has 120 valence electrons. The van der Waals surface area contributed by atoms with E-state index in [0.717, 1.165) is 5.56 Å². The average molecular weight is 310 g/mol. The SMILES string of the molecule is CC(C)(C)C(=O)Nc1ccccc1C(=O)NCc1ccccc1. The fraction of sp³-hybridized carbons (Fsp3) is 0.263. The van der Waals surface area contributed by atoms with E-state index >= 15 is 0 Å². The second kappa shape index (κ2) is 7.09. The van der Waals surface area contributed by atoms with Gasteiger partial charge in [-0.05, 0) is 17.7 Å². The van der Waals surface area contributed by atoms with Crippen LogP contribution in [0.15, 0.2) is 54.6 Å². The summed E-state index contributed by atoms with van der Waals surface area (Å²) in [7, 11) is 0. The van der Waals surface area contributed by atoms with Gasteiger partial charge in [0.25, 0.3) is 5.91 Å². The van der Waals surface area contributed by atoms with Gasteiger partial charge in [-0.25, -0.2) is 0 Å². The Hall–Kier alpha value is -2.62. The van der Waals surface area contributed by atoms with Gasteiger partial charge >= 0.3 is 0 Å². The normalized spacial score (nSPS) is 10.9. The van der Waals surface area contributed by atoms with Crippen LogP contribution >= 0.6 is 0 Å². The minimum atomic E-state index is -0.520. The zero-order chi connectivity index (χ0) is 16.9. The highest BCUT2D eigenvalue weighted by Crippen LogP contribution is 2.20. The van der Waals surface area contributed by atoms with Crippen LogP contribution in [0.25, 0.3) is 0 Å². The molecule has 0 aromatic heterocycles. The van der Waals surface area contributed by atoms with E-state index in [9.17, 15) is 9.59 Å². The summed E-state index contributed by atoms with van der Waals surface area (Å²) < 4.78 is 0. The summed E-state index contributed by atoms with van der Waals surface area (Å²) in [4.78, 5) is 24.6. The van der Waals surface area contributed by atoms with Crippen LogP contribution in [0.5, 0.6) is 0 Å². The van der Waals surface area contributed by atoms with E-state index in [1.54, 1.807) is 24.3 Å². The molecule has 2 N–H and O–H groups in total. The first kappa shape index (κ1) is 16.7. The van der Waals surface area contributed by atoms with Crippen molar-refractivity contribution in [3.05, 3.63) is 65.7 Å². The molecule has 0 heterocycles. The van der Waals surface area contributed by atoms with Gasteiger partial charge < -0.3 is 10.6 Å². The van der Waals surface area contributed by atoms with Crippen molar-refractivity contribution in [2.24, 2.45) is 5.41 Å². The third-order valence-electron chi connectivity index (χ3n) is 3.40. The fourth-order valence-electron chi connectivity index (χ4n) is 1.97.